The number of ketones is 1. The molecule has 4 nitrogen and oxygen atoms in total. The van der Waals surface area contributed by atoms with E-state index in [1.54, 1.807) is 20.8 Å². The zero-order chi connectivity index (χ0) is 17.8. The van der Waals surface area contributed by atoms with E-state index in [9.17, 15) is 22.2 Å². The maximum atomic E-state index is 13.1. The van der Waals surface area contributed by atoms with Crippen LogP contribution >= 0.6 is 0 Å². The third-order valence-corrected chi connectivity index (χ3v) is 4.61. The number of Topliss-reactive ketones (excluding diaryl/α,β-unsaturated/α-hetero) is 1. The summed E-state index contributed by atoms with van der Waals surface area (Å²) in [7, 11) is -0.487. The van der Waals surface area contributed by atoms with E-state index in [4.69, 9.17) is 4.74 Å². The summed E-state index contributed by atoms with van der Waals surface area (Å²) in [5.74, 6) is -0.186. The maximum absolute atomic E-state index is 13.1. The van der Waals surface area contributed by atoms with Crippen LogP contribution in [0, 0.1) is 0 Å². The average molecular weight is 351 g/mol. The topological polar surface area (TPSA) is 55.4 Å². The lowest BCUT2D eigenvalue weighted by Gasteiger charge is -2.25. The molecule has 0 aromatic heterocycles. The molecule has 0 amide bonds. The molecular weight excluding hydrogens is 331 g/mol. The molecule has 0 aliphatic rings. The number of benzene rings is 1. The van der Waals surface area contributed by atoms with Crippen molar-refractivity contribution < 1.29 is 26.9 Å². The SMILES string of the molecule is COc1ccc(C(=O)C[C@H](N[S@@](=O)C(C)(C)C)C(F)(F)F)cc1. The number of carbonyl (C=O) groups is 1. The van der Waals surface area contributed by atoms with E-state index >= 15 is 0 Å². The van der Waals surface area contributed by atoms with Crippen molar-refractivity contribution >= 4 is 16.8 Å². The molecule has 0 radical (unpaired) electrons. The van der Waals surface area contributed by atoms with Gasteiger partial charge in [-0.1, -0.05) is 0 Å². The number of hydrogen-bond donors (Lipinski definition) is 1. The second-order valence-corrected chi connectivity index (χ2v) is 7.95. The molecule has 1 aromatic carbocycles. The van der Waals surface area contributed by atoms with Crippen LogP contribution in [0.3, 0.4) is 0 Å². The lowest BCUT2D eigenvalue weighted by molar-refractivity contribution is -0.150. The van der Waals surface area contributed by atoms with Gasteiger partial charge in [0.1, 0.15) is 11.8 Å². The van der Waals surface area contributed by atoms with E-state index in [2.05, 4.69) is 0 Å². The van der Waals surface area contributed by atoms with Crippen molar-refractivity contribution in [3.63, 3.8) is 0 Å². The van der Waals surface area contributed by atoms with Crippen molar-refractivity contribution in [3.8, 4) is 5.75 Å². The van der Waals surface area contributed by atoms with E-state index in [-0.39, 0.29) is 5.56 Å². The van der Waals surface area contributed by atoms with E-state index in [1.807, 2.05) is 4.72 Å². The first kappa shape index (κ1) is 19.6. The molecule has 0 spiro atoms. The highest BCUT2D eigenvalue weighted by atomic mass is 32.2. The first-order valence-corrected chi connectivity index (χ1v) is 8.02. The lowest BCUT2D eigenvalue weighted by atomic mass is 10.0. The van der Waals surface area contributed by atoms with Gasteiger partial charge in [-0.3, -0.25) is 4.79 Å². The van der Waals surface area contributed by atoms with Crippen LogP contribution in [0.1, 0.15) is 37.6 Å². The second-order valence-electron chi connectivity index (χ2n) is 5.95. The Bertz CT molecular complexity index is 565. The Morgan fingerprint density at radius 1 is 1.22 bits per heavy atom. The Labute approximate surface area is 136 Å². The molecule has 0 bridgehead atoms. The zero-order valence-electron chi connectivity index (χ0n) is 13.4. The van der Waals surface area contributed by atoms with Crippen LogP contribution in [-0.4, -0.2) is 34.1 Å². The maximum Gasteiger partial charge on any atom is 0.405 e. The summed E-state index contributed by atoms with van der Waals surface area (Å²) < 4.78 is 57.3. The van der Waals surface area contributed by atoms with Gasteiger partial charge in [-0.15, -0.1) is 0 Å². The number of alkyl halides is 3. The molecule has 1 N–H and O–H groups in total. The van der Waals surface area contributed by atoms with Gasteiger partial charge in [-0.05, 0) is 45.0 Å². The molecule has 0 aliphatic heterocycles. The van der Waals surface area contributed by atoms with Crippen LogP contribution in [0.25, 0.3) is 0 Å². The van der Waals surface area contributed by atoms with Gasteiger partial charge in [0, 0.05) is 12.0 Å². The quantitative estimate of drug-likeness (QED) is 0.801. The van der Waals surface area contributed by atoms with Crippen LogP contribution in [0.5, 0.6) is 5.75 Å². The molecule has 0 aliphatic carbocycles. The van der Waals surface area contributed by atoms with Gasteiger partial charge >= 0.3 is 6.18 Å². The third-order valence-electron chi connectivity index (χ3n) is 3.00. The number of halogens is 3. The minimum absolute atomic E-state index is 0.142. The Morgan fingerprint density at radius 2 is 1.74 bits per heavy atom. The summed E-state index contributed by atoms with van der Waals surface area (Å²) in [6.07, 6.45) is -5.50. The number of methoxy groups -OCH3 is 1. The second kappa shape index (κ2) is 7.44. The predicted octanol–water partition coefficient (Wildman–Crippen LogP) is 3.25. The van der Waals surface area contributed by atoms with Crippen molar-refractivity contribution in [1.82, 2.24) is 4.72 Å². The highest BCUT2D eigenvalue weighted by molar-refractivity contribution is 7.84. The Hall–Kier alpha value is -1.41. The fraction of sp³-hybridized carbons (Fsp3) is 0.533. The summed E-state index contributed by atoms with van der Waals surface area (Å²) in [4.78, 5) is 12.1. The molecule has 8 heteroatoms. The molecule has 130 valence electrons. The first-order chi connectivity index (χ1) is 10.4. The van der Waals surface area contributed by atoms with Crippen molar-refractivity contribution in [1.29, 1.82) is 0 Å². The largest absolute Gasteiger partial charge is 0.497 e. The fourth-order valence-electron chi connectivity index (χ4n) is 1.61. The van der Waals surface area contributed by atoms with Crippen molar-refractivity contribution in [3.05, 3.63) is 29.8 Å². The standard InChI is InChI=1S/C15H20F3NO3S/c1-14(2,3)23(21)19-13(15(16,17)18)9-12(20)10-5-7-11(22-4)8-6-10/h5-8,13,19H,9H2,1-4H3/t13-,23-/m0/s1. The molecule has 0 saturated carbocycles. The molecular formula is C15H20F3NO3S. The summed E-state index contributed by atoms with van der Waals surface area (Å²) >= 11 is 0. The number of carbonyl (C=O) groups excluding carboxylic acids is 1. The average Bonchev–Trinajstić information content (AvgIpc) is 2.44. The number of rotatable bonds is 6. The van der Waals surface area contributed by atoms with Crippen molar-refractivity contribution in [2.24, 2.45) is 0 Å². The highest BCUT2D eigenvalue weighted by Gasteiger charge is 2.43. The molecule has 1 rings (SSSR count). The Morgan fingerprint density at radius 3 is 2.13 bits per heavy atom. The minimum Gasteiger partial charge on any atom is -0.497 e. The van der Waals surface area contributed by atoms with Gasteiger partial charge in [0.15, 0.2) is 5.78 Å². The Balaban J connectivity index is 2.88. The molecule has 23 heavy (non-hydrogen) atoms. The smallest absolute Gasteiger partial charge is 0.405 e. The molecule has 0 unspecified atom stereocenters. The molecule has 0 heterocycles. The normalized spacial score (nSPS) is 15.1. The van der Waals surface area contributed by atoms with E-state index in [1.165, 1.54) is 31.4 Å². The van der Waals surface area contributed by atoms with Crippen LogP contribution < -0.4 is 9.46 Å². The van der Waals surface area contributed by atoms with E-state index in [0.717, 1.165) is 0 Å². The van der Waals surface area contributed by atoms with Gasteiger partial charge in [0.25, 0.3) is 0 Å². The Kier molecular flexibility index (Phi) is 6.35. The monoisotopic (exact) mass is 351 g/mol. The van der Waals surface area contributed by atoms with E-state index < -0.39 is 40.2 Å². The van der Waals surface area contributed by atoms with Gasteiger partial charge in [-0.25, -0.2) is 8.93 Å². The lowest BCUT2D eigenvalue weighted by Crippen LogP contribution is -2.48. The van der Waals surface area contributed by atoms with Gasteiger partial charge in [0.05, 0.1) is 22.8 Å². The van der Waals surface area contributed by atoms with E-state index in [0.29, 0.717) is 5.75 Å². The summed E-state index contributed by atoms with van der Waals surface area (Å²) in [6, 6.07) is 3.62. The molecule has 0 saturated heterocycles. The summed E-state index contributed by atoms with van der Waals surface area (Å²) in [5, 5.41) is 0. The number of nitrogens with one attached hydrogen (secondary N) is 1. The van der Waals surface area contributed by atoms with Crippen LogP contribution in [-0.2, 0) is 11.0 Å². The summed E-state index contributed by atoms with van der Waals surface area (Å²) in [6.45, 7) is 4.65. The van der Waals surface area contributed by atoms with Crippen LogP contribution in [0.2, 0.25) is 0 Å². The van der Waals surface area contributed by atoms with Crippen molar-refractivity contribution in [2.45, 2.75) is 44.2 Å². The van der Waals surface area contributed by atoms with Gasteiger partial charge in [0.2, 0.25) is 0 Å². The first-order valence-electron chi connectivity index (χ1n) is 6.87. The third kappa shape index (κ3) is 5.95. The molecule has 2 atom stereocenters. The van der Waals surface area contributed by atoms with Crippen LogP contribution in [0.15, 0.2) is 24.3 Å². The molecule has 0 fully saturated rings. The number of hydrogen-bond acceptors (Lipinski definition) is 3. The highest BCUT2D eigenvalue weighted by Crippen LogP contribution is 2.26. The predicted molar refractivity (Wildman–Crippen MR) is 82.8 cm³/mol. The van der Waals surface area contributed by atoms with Crippen molar-refractivity contribution in [2.75, 3.05) is 7.11 Å². The minimum atomic E-state index is -4.68. The number of ether oxygens (including phenoxy) is 1. The van der Waals surface area contributed by atoms with Crippen LogP contribution in [0.4, 0.5) is 13.2 Å². The fourth-order valence-corrected chi connectivity index (χ4v) is 2.44. The van der Waals surface area contributed by atoms with Gasteiger partial charge in [-0.2, -0.15) is 13.2 Å². The zero-order valence-corrected chi connectivity index (χ0v) is 14.2. The van der Waals surface area contributed by atoms with Gasteiger partial charge < -0.3 is 4.74 Å². The molecule has 1 aromatic rings. The summed E-state index contributed by atoms with van der Waals surface area (Å²) in [5.41, 5.74) is 0.142.